The first-order valence-corrected chi connectivity index (χ1v) is 6.88. The summed E-state index contributed by atoms with van der Waals surface area (Å²) in [6, 6.07) is 9.72. The molecule has 24 heavy (non-hydrogen) atoms. The van der Waals surface area contributed by atoms with E-state index in [2.05, 4.69) is 4.98 Å². The van der Waals surface area contributed by atoms with Crippen molar-refractivity contribution in [1.29, 1.82) is 0 Å². The molecule has 0 radical (unpaired) electrons. The van der Waals surface area contributed by atoms with Crippen molar-refractivity contribution >= 4 is 6.29 Å². The number of hydrogen-bond donors (Lipinski definition) is 0. The van der Waals surface area contributed by atoms with E-state index in [0.717, 1.165) is 12.1 Å². The van der Waals surface area contributed by atoms with Gasteiger partial charge in [0.1, 0.15) is 5.69 Å². The van der Waals surface area contributed by atoms with Crippen molar-refractivity contribution < 1.29 is 22.4 Å². The van der Waals surface area contributed by atoms with Crippen LogP contribution in [0.25, 0.3) is 22.4 Å². The molecular formula is C18H9F4NO. The molecule has 1 aromatic heterocycles. The lowest BCUT2D eigenvalue weighted by molar-refractivity contribution is 0.111. The molecule has 6 heteroatoms. The van der Waals surface area contributed by atoms with Gasteiger partial charge in [-0.3, -0.25) is 4.79 Å². The maximum atomic E-state index is 13.9. The fraction of sp³-hybridized carbons (Fsp3) is 0. The van der Waals surface area contributed by atoms with Gasteiger partial charge in [0.05, 0.1) is 5.69 Å². The number of rotatable bonds is 3. The molecule has 0 atom stereocenters. The Kier molecular flexibility index (Phi) is 4.12. The normalized spacial score (nSPS) is 10.7. The quantitative estimate of drug-likeness (QED) is 0.510. The predicted octanol–water partition coefficient (Wildman–Crippen LogP) is 4.78. The molecule has 0 amide bonds. The minimum Gasteiger partial charge on any atom is -0.296 e. The molecule has 2 aromatic carbocycles. The maximum Gasteiger partial charge on any atom is 0.169 e. The van der Waals surface area contributed by atoms with Crippen LogP contribution in [-0.2, 0) is 0 Å². The summed E-state index contributed by atoms with van der Waals surface area (Å²) in [5, 5.41) is 0. The SMILES string of the molecule is O=Cc1nc(-c2cccc(F)c2F)ccc1-c1cccc(F)c1F. The summed E-state index contributed by atoms with van der Waals surface area (Å²) >= 11 is 0. The number of benzene rings is 2. The van der Waals surface area contributed by atoms with E-state index in [1.165, 1.54) is 36.4 Å². The van der Waals surface area contributed by atoms with Gasteiger partial charge in [-0.15, -0.1) is 0 Å². The fourth-order valence-electron chi connectivity index (χ4n) is 2.36. The second-order valence-electron chi connectivity index (χ2n) is 4.95. The van der Waals surface area contributed by atoms with Gasteiger partial charge in [0.2, 0.25) is 0 Å². The Morgan fingerprint density at radius 2 is 1.29 bits per heavy atom. The van der Waals surface area contributed by atoms with Gasteiger partial charge in [-0.25, -0.2) is 22.5 Å². The van der Waals surface area contributed by atoms with Crippen LogP contribution in [0.2, 0.25) is 0 Å². The van der Waals surface area contributed by atoms with Crippen LogP contribution < -0.4 is 0 Å². The second-order valence-corrected chi connectivity index (χ2v) is 4.95. The molecule has 2 nitrogen and oxygen atoms in total. The van der Waals surface area contributed by atoms with E-state index < -0.39 is 23.3 Å². The van der Waals surface area contributed by atoms with Crippen molar-refractivity contribution in [3.05, 3.63) is 77.5 Å². The average molecular weight is 331 g/mol. The summed E-state index contributed by atoms with van der Waals surface area (Å²) in [5.74, 6) is -4.34. The summed E-state index contributed by atoms with van der Waals surface area (Å²) in [6.45, 7) is 0. The van der Waals surface area contributed by atoms with Crippen molar-refractivity contribution in [2.24, 2.45) is 0 Å². The van der Waals surface area contributed by atoms with Crippen LogP contribution in [0.4, 0.5) is 17.6 Å². The maximum absolute atomic E-state index is 13.9. The smallest absolute Gasteiger partial charge is 0.169 e. The molecule has 1 heterocycles. The lowest BCUT2D eigenvalue weighted by Gasteiger charge is -2.09. The highest BCUT2D eigenvalue weighted by Gasteiger charge is 2.17. The fourth-order valence-corrected chi connectivity index (χ4v) is 2.36. The molecule has 0 fully saturated rings. The minimum atomic E-state index is -1.12. The molecule has 3 aromatic rings. The molecule has 0 saturated heterocycles. The number of aromatic nitrogens is 1. The Bertz CT molecular complexity index is 940. The Morgan fingerprint density at radius 1 is 0.708 bits per heavy atom. The summed E-state index contributed by atoms with van der Waals surface area (Å²) in [6.07, 6.45) is 0.348. The summed E-state index contributed by atoms with van der Waals surface area (Å²) in [5.41, 5.74) is -0.418. The molecule has 3 rings (SSSR count). The molecule has 0 aliphatic rings. The number of aldehydes is 1. The van der Waals surface area contributed by atoms with Crippen LogP contribution in [0, 0.1) is 23.3 Å². The number of carbonyl (C=O) groups excluding carboxylic acids is 1. The lowest BCUT2D eigenvalue weighted by atomic mass is 10.0. The first-order chi connectivity index (χ1) is 11.5. The Balaban J connectivity index is 2.18. The van der Waals surface area contributed by atoms with Gasteiger partial charge in [-0.1, -0.05) is 18.2 Å². The van der Waals surface area contributed by atoms with Crippen LogP contribution >= 0.6 is 0 Å². The molecule has 0 bridgehead atoms. The molecule has 0 saturated carbocycles. The molecular weight excluding hydrogens is 322 g/mol. The first-order valence-electron chi connectivity index (χ1n) is 6.88. The standard InChI is InChI=1S/C18H9F4NO/c19-13-5-1-3-11(17(13)21)10-7-8-15(23-16(10)9-24)12-4-2-6-14(20)18(12)22/h1-9H. The van der Waals surface area contributed by atoms with Gasteiger partial charge in [0, 0.05) is 16.7 Å². The highest BCUT2D eigenvalue weighted by Crippen LogP contribution is 2.29. The largest absolute Gasteiger partial charge is 0.296 e. The third-order valence-electron chi connectivity index (χ3n) is 3.51. The zero-order valence-electron chi connectivity index (χ0n) is 12.1. The van der Waals surface area contributed by atoms with Gasteiger partial charge < -0.3 is 0 Å². The van der Waals surface area contributed by atoms with Gasteiger partial charge in [0.15, 0.2) is 29.6 Å². The Morgan fingerprint density at radius 3 is 1.92 bits per heavy atom. The van der Waals surface area contributed by atoms with Crippen LogP contribution in [0.5, 0.6) is 0 Å². The molecule has 0 N–H and O–H groups in total. The van der Waals surface area contributed by atoms with Crippen LogP contribution in [0.3, 0.4) is 0 Å². The summed E-state index contributed by atoms with van der Waals surface area (Å²) in [7, 11) is 0. The summed E-state index contributed by atoms with van der Waals surface area (Å²) in [4.78, 5) is 15.2. The van der Waals surface area contributed by atoms with Crippen molar-refractivity contribution in [2.75, 3.05) is 0 Å². The van der Waals surface area contributed by atoms with Crippen molar-refractivity contribution in [1.82, 2.24) is 4.98 Å². The topological polar surface area (TPSA) is 30.0 Å². The van der Waals surface area contributed by atoms with Crippen LogP contribution in [0.1, 0.15) is 10.5 Å². The van der Waals surface area contributed by atoms with Gasteiger partial charge in [-0.2, -0.15) is 0 Å². The first kappa shape index (κ1) is 15.9. The molecule has 0 unspecified atom stereocenters. The average Bonchev–Trinajstić information content (AvgIpc) is 2.59. The second kappa shape index (κ2) is 6.23. The van der Waals surface area contributed by atoms with Crippen molar-refractivity contribution in [3.8, 4) is 22.4 Å². The highest BCUT2D eigenvalue weighted by atomic mass is 19.2. The van der Waals surface area contributed by atoms with E-state index in [1.54, 1.807) is 0 Å². The number of carbonyl (C=O) groups is 1. The molecule has 0 spiro atoms. The van der Waals surface area contributed by atoms with Crippen molar-refractivity contribution in [3.63, 3.8) is 0 Å². The zero-order valence-corrected chi connectivity index (χ0v) is 12.1. The third kappa shape index (κ3) is 2.67. The van der Waals surface area contributed by atoms with Gasteiger partial charge in [0.25, 0.3) is 0 Å². The number of nitrogens with zero attached hydrogens (tertiary/aromatic N) is 1. The Labute approximate surface area is 134 Å². The van der Waals surface area contributed by atoms with Crippen LogP contribution in [0.15, 0.2) is 48.5 Å². The van der Waals surface area contributed by atoms with Gasteiger partial charge >= 0.3 is 0 Å². The van der Waals surface area contributed by atoms with E-state index in [4.69, 9.17) is 0 Å². The highest BCUT2D eigenvalue weighted by molar-refractivity contribution is 5.86. The van der Waals surface area contributed by atoms with E-state index in [-0.39, 0.29) is 28.1 Å². The van der Waals surface area contributed by atoms with E-state index in [0.29, 0.717) is 6.29 Å². The summed E-state index contributed by atoms with van der Waals surface area (Å²) < 4.78 is 54.5. The monoisotopic (exact) mass is 331 g/mol. The lowest BCUT2D eigenvalue weighted by Crippen LogP contribution is -1.99. The van der Waals surface area contributed by atoms with E-state index >= 15 is 0 Å². The minimum absolute atomic E-state index is 0.00895. The van der Waals surface area contributed by atoms with Gasteiger partial charge in [-0.05, 0) is 30.3 Å². The molecule has 120 valence electrons. The number of pyridine rings is 1. The predicted molar refractivity (Wildman–Crippen MR) is 80.3 cm³/mol. The number of hydrogen-bond acceptors (Lipinski definition) is 2. The Hall–Kier alpha value is -3.02. The zero-order chi connectivity index (χ0) is 17.3. The van der Waals surface area contributed by atoms with E-state index in [9.17, 15) is 22.4 Å². The molecule has 0 aliphatic heterocycles. The number of halogens is 4. The third-order valence-corrected chi connectivity index (χ3v) is 3.51. The molecule has 0 aliphatic carbocycles. The van der Waals surface area contributed by atoms with Crippen LogP contribution in [-0.4, -0.2) is 11.3 Å². The van der Waals surface area contributed by atoms with Crippen molar-refractivity contribution in [2.45, 2.75) is 0 Å². The van der Waals surface area contributed by atoms with E-state index in [1.807, 2.05) is 0 Å².